The first-order valence-corrected chi connectivity index (χ1v) is 4.60. The summed E-state index contributed by atoms with van der Waals surface area (Å²) in [5, 5.41) is 0. The van der Waals surface area contributed by atoms with Gasteiger partial charge in [0.25, 0.3) is 0 Å². The van der Waals surface area contributed by atoms with Crippen LogP contribution in [0.25, 0.3) is 0 Å². The van der Waals surface area contributed by atoms with Crippen molar-refractivity contribution < 1.29 is 8.78 Å². The summed E-state index contributed by atoms with van der Waals surface area (Å²) < 4.78 is 24.1. The number of allylic oxidation sites excluding steroid dienone is 2. The van der Waals surface area contributed by atoms with E-state index in [2.05, 4.69) is 22.9 Å². The molecule has 0 fully saturated rings. The second kappa shape index (κ2) is 5.70. The van der Waals surface area contributed by atoms with Crippen molar-refractivity contribution in [2.75, 3.05) is 0 Å². The molecule has 0 radical (unpaired) electrons. The lowest BCUT2D eigenvalue weighted by Crippen LogP contribution is -1.96. The van der Waals surface area contributed by atoms with E-state index in [-0.39, 0.29) is 0 Å². The van der Waals surface area contributed by atoms with Gasteiger partial charge >= 0.3 is 4.83 Å². The van der Waals surface area contributed by atoms with E-state index in [1.165, 1.54) is 6.08 Å². The van der Waals surface area contributed by atoms with E-state index in [9.17, 15) is 8.78 Å². The van der Waals surface area contributed by atoms with Crippen molar-refractivity contribution in [2.24, 2.45) is 0 Å². The molecule has 0 nitrogen and oxygen atoms in total. The number of hydrogen-bond donors (Lipinski definition) is 0. The van der Waals surface area contributed by atoms with Crippen molar-refractivity contribution in [3.63, 3.8) is 0 Å². The third-order valence-electron chi connectivity index (χ3n) is 1.28. The molecule has 66 valence electrons. The molecular formula is C8H13BrF2. The maximum atomic E-state index is 12.1. The molecule has 0 saturated carbocycles. The summed E-state index contributed by atoms with van der Waals surface area (Å²) in [6.07, 6.45) is 6.38. The van der Waals surface area contributed by atoms with Crippen LogP contribution in [0.1, 0.15) is 32.6 Å². The molecule has 0 atom stereocenters. The first kappa shape index (κ1) is 11.1. The van der Waals surface area contributed by atoms with Gasteiger partial charge in [0.15, 0.2) is 0 Å². The van der Waals surface area contributed by atoms with E-state index < -0.39 is 4.83 Å². The van der Waals surface area contributed by atoms with E-state index in [0.29, 0.717) is 0 Å². The molecule has 0 spiro atoms. The predicted octanol–water partition coefficient (Wildman–Crippen LogP) is 4.11. The minimum atomic E-state index is -2.82. The van der Waals surface area contributed by atoms with E-state index in [0.717, 1.165) is 31.8 Å². The van der Waals surface area contributed by atoms with Gasteiger partial charge in [0, 0.05) is 0 Å². The van der Waals surface area contributed by atoms with Crippen LogP contribution in [0, 0.1) is 0 Å². The van der Waals surface area contributed by atoms with Crippen molar-refractivity contribution in [3.05, 3.63) is 12.2 Å². The monoisotopic (exact) mass is 226 g/mol. The Balaban J connectivity index is 3.30. The summed E-state index contributed by atoms with van der Waals surface area (Å²) in [6, 6.07) is 0. The van der Waals surface area contributed by atoms with Crippen molar-refractivity contribution in [2.45, 2.75) is 37.4 Å². The Morgan fingerprint density at radius 2 is 2.00 bits per heavy atom. The summed E-state index contributed by atoms with van der Waals surface area (Å²) >= 11 is 2.23. The molecule has 0 unspecified atom stereocenters. The van der Waals surface area contributed by atoms with Gasteiger partial charge in [0.1, 0.15) is 0 Å². The average Bonchev–Trinajstić information content (AvgIpc) is 1.85. The van der Waals surface area contributed by atoms with Gasteiger partial charge in [-0.25, -0.2) is 0 Å². The van der Waals surface area contributed by atoms with Crippen LogP contribution in [0.15, 0.2) is 12.2 Å². The van der Waals surface area contributed by atoms with E-state index in [1.807, 2.05) is 0 Å². The Labute approximate surface area is 74.8 Å². The number of alkyl halides is 3. The number of hydrogen-bond acceptors (Lipinski definition) is 0. The quantitative estimate of drug-likeness (QED) is 0.376. The van der Waals surface area contributed by atoms with Gasteiger partial charge in [0.2, 0.25) is 0 Å². The zero-order valence-electron chi connectivity index (χ0n) is 6.62. The smallest absolute Gasteiger partial charge is 0.189 e. The fourth-order valence-electron chi connectivity index (χ4n) is 0.729. The van der Waals surface area contributed by atoms with E-state index >= 15 is 0 Å². The van der Waals surface area contributed by atoms with Crippen LogP contribution < -0.4 is 0 Å². The molecule has 0 rings (SSSR count). The molecule has 0 N–H and O–H groups in total. The van der Waals surface area contributed by atoms with Crippen LogP contribution in [0.3, 0.4) is 0 Å². The van der Waals surface area contributed by atoms with Crippen LogP contribution in [0.5, 0.6) is 0 Å². The molecule has 0 aromatic carbocycles. The Morgan fingerprint density at radius 1 is 1.36 bits per heavy atom. The lowest BCUT2D eigenvalue weighted by atomic mass is 10.2. The highest BCUT2D eigenvalue weighted by atomic mass is 79.9. The normalized spacial score (nSPS) is 12.7. The van der Waals surface area contributed by atoms with Crippen LogP contribution in [0.2, 0.25) is 0 Å². The zero-order chi connectivity index (χ0) is 8.74. The molecule has 0 aromatic heterocycles. The third kappa shape index (κ3) is 10.1. The van der Waals surface area contributed by atoms with Crippen LogP contribution in [-0.2, 0) is 0 Å². The second-order valence-electron chi connectivity index (χ2n) is 2.44. The van der Waals surface area contributed by atoms with Gasteiger partial charge in [-0.2, -0.15) is 8.78 Å². The Bertz CT molecular complexity index is 116. The van der Waals surface area contributed by atoms with Crippen molar-refractivity contribution in [1.82, 2.24) is 0 Å². The number of halogens is 3. The topological polar surface area (TPSA) is 0 Å². The molecule has 0 aliphatic carbocycles. The van der Waals surface area contributed by atoms with E-state index in [1.54, 1.807) is 0 Å². The fourth-order valence-corrected chi connectivity index (χ4v) is 0.916. The molecule has 0 aromatic rings. The third-order valence-corrected chi connectivity index (χ3v) is 1.55. The highest BCUT2D eigenvalue weighted by Gasteiger charge is 2.17. The average molecular weight is 227 g/mol. The van der Waals surface area contributed by atoms with Gasteiger partial charge in [-0.15, -0.1) is 0 Å². The predicted molar refractivity (Wildman–Crippen MR) is 47.2 cm³/mol. The molecular weight excluding hydrogens is 214 g/mol. The lowest BCUT2D eigenvalue weighted by molar-refractivity contribution is 0.171. The molecule has 0 aliphatic heterocycles. The van der Waals surface area contributed by atoms with Crippen molar-refractivity contribution in [1.29, 1.82) is 0 Å². The molecule has 0 aliphatic rings. The van der Waals surface area contributed by atoms with Crippen LogP contribution in [0.4, 0.5) is 8.78 Å². The molecule has 0 amide bonds. The number of rotatable bonds is 5. The Kier molecular flexibility index (Phi) is 5.74. The highest BCUT2D eigenvalue weighted by molar-refractivity contribution is 9.10. The first-order valence-electron chi connectivity index (χ1n) is 3.80. The number of unbranched alkanes of at least 4 members (excludes halogenated alkanes) is 3. The molecule has 11 heavy (non-hydrogen) atoms. The summed E-state index contributed by atoms with van der Waals surface area (Å²) in [7, 11) is 0. The van der Waals surface area contributed by atoms with Gasteiger partial charge in [-0.1, -0.05) is 25.8 Å². The molecule has 0 heterocycles. The Hall–Kier alpha value is 0.0800. The van der Waals surface area contributed by atoms with Gasteiger partial charge < -0.3 is 0 Å². The van der Waals surface area contributed by atoms with Crippen LogP contribution in [-0.4, -0.2) is 4.83 Å². The maximum Gasteiger partial charge on any atom is 0.319 e. The van der Waals surface area contributed by atoms with Gasteiger partial charge in [-0.05, 0) is 34.8 Å². The highest BCUT2D eigenvalue weighted by Crippen LogP contribution is 2.23. The lowest BCUT2D eigenvalue weighted by Gasteiger charge is -1.98. The maximum absolute atomic E-state index is 12.1. The van der Waals surface area contributed by atoms with Gasteiger partial charge in [0.05, 0.1) is 0 Å². The standard InChI is InChI=1S/C8H13BrF2/c1-2-3-4-5-6-7-8(9,10)11/h6-7H,2-5H2,1H3. The summed E-state index contributed by atoms with van der Waals surface area (Å²) in [5.41, 5.74) is 0. The summed E-state index contributed by atoms with van der Waals surface area (Å²) in [4.78, 5) is -2.82. The fraction of sp³-hybridized carbons (Fsp3) is 0.750. The van der Waals surface area contributed by atoms with Gasteiger partial charge in [-0.3, -0.25) is 0 Å². The molecule has 0 saturated heterocycles. The van der Waals surface area contributed by atoms with Crippen LogP contribution >= 0.6 is 15.9 Å². The largest absolute Gasteiger partial charge is 0.319 e. The zero-order valence-corrected chi connectivity index (χ0v) is 8.20. The summed E-state index contributed by atoms with van der Waals surface area (Å²) in [6.45, 7) is 2.09. The molecule has 0 bridgehead atoms. The molecule has 3 heteroatoms. The Morgan fingerprint density at radius 3 is 2.45 bits per heavy atom. The second-order valence-corrected chi connectivity index (χ2v) is 3.50. The minimum absolute atomic E-state index is 0.745. The van der Waals surface area contributed by atoms with E-state index in [4.69, 9.17) is 0 Å². The first-order chi connectivity index (χ1) is 5.06. The SMILES string of the molecule is CCCCCC=CC(F)(F)Br. The van der Waals surface area contributed by atoms with Crippen molar-refractivity contribution in [3.8, 4) is 0 Å². The van der Waals surface area contributed by atoms with Crippen molar-refractivity contribution >= 4 is 15.9 Å². The minimum Gasteiger partial charge on any atom is -0.189 e. The summed E-state index contributed by atoms with van der Waals surface area (Å²) in [5.74, 6) is 0.